The Morgan fingerprint density at radius 3 is 3.05 bits per heavy atom. The molecule has 2 aromatic heterocycles. The van der Waals surface area contributed by atoms with Crippen LogP contribution in [0.4, 0.5) is 0 Å². The van der Waals surface area contributed by atoms with Gasteiger partial charge in [0.1, 0.15) is 0 Å². The van der Waals surface area contributed by atoms with Gasteiger partial charge in [-0.3, -0.25) is 9.30 Å². The molecular formula is C16H26N4S. The van der Waals surface area contributed by atoms with Crippen LogP contribution in [0.15, 0.2) is 17.8 Å². The van der Waals surface area contributed by atoms with Crippen LogP contribution in [0.2, 0.25) is 0 Å². The van der Waals surface area contributed by atoms with Crippen LogP contribution < -0.4 is 5.32 Å². The van der Waals surface area contributed by atoms with E-state index in [4.69, 9.17) is 4.98 Å². The molecule has 2 unspecified atom stereocenters. The third-order valence-electron chi connectivity index (χ3n) is 4.74. The SMILES string of the molecule is CCCC1CNC(C)(CC)CN1Cc1cn2ccsc2n1. The van der Waals surface area contributed by atoms with Crippen LogP contribution in [0.25, 0.3) is 4.96 Å². The first-order chi connectivity index (χ1) is 10.1. The van der Waals surface area contributed by atoms with Gasteiger partial charge in [-0.1, -0.05) is 20.3 Å². The Labute approximate surface area is 131 Å². The van der Waals surface area contributed by atoms with Gasteiger partial charge in [0.25, 0.3) is 0 Å². The first-order valence-corrected chi connectivity index (χ1v) is 8.91. The summed E-state index contributed by atoms with van der Waals surface area (Å²) in [5.74, 6) is 0. The molecule has 0 spiro atoms. The molecule has 0 bridgehead atoms. The van der Waals surface area contributed by atoms with Gasteiger partial charge in [-0.2, -0.15) is 0 Å². The zero-order chi connectivity index (χ0) is 14.9. The number of aromatic nitrogens is 2. The van der Waals surface area contributed by atoms with E-state index in [2.05, 4.69) is 53.2 Å². The van der Waals surface area contributed by atoms with E-state index in [1.54, 1.807) is 11.3 Å². The second-order valence-electron chi connectivity index (χ2n) is 6.47. The molecule has 2 aromatic rings. The molecule has 0 radical (unpaired) electrons. The lowest BCUT2D eigenvalue weighted by atomic mass is 9.92. The molecule has 4 nitrogen and oxygen atoms in total. The number of rotatable bonds is 5. The van der Waals surface area contributed by atoms with Crippen LogP contribution in [0.5, 0.6) is 0 Å². The average molecular weight is 306 g/mol. The summed E-state index contributed by atoms with van der Waals surface area (Å²) in [7, 11) is 0. The van der Waals surface area contributed by atoms with Gasteiger partial charge in [0.05, 0.1) is 5.69 Å². The molecule has 0 amide bonds. The van der Waals surface area contributed by atoms with Crippen molar-refractivity contribution in [3.63, 3.8) is 0 Å². The zero-order valence-electron chi connectivity index (χ0n) is 13.3. The minimum Gasteiger partial charge on any atom is -0.309 e. The summed E-state index contributed by atoms with van der Waals surface area (Å²) in [6.45, 7) is 10.1. The Hall–Kier alpha value is -0.910. The van der Waals surface area contributed by atoms with E-state index in [-0.39, 0.29) is 5.54 Å². The Bertz CT molecular complexity index is 561. The number of nitrogens with one attached hydrogen (secondary N) is 1. The number of imidazole rings is 1. The molecule has 0 saturated carbocycles. The first kappa shape index (κ1) is 15.0. The van der Waals surface area contributed by atoms with Gasteiger partial charge in [-0.05, 0) is 19.8 Å². The van der Waals surface area contributed by atoms with E-state index >= 15 is 0 Å². The number of nitrogens with zero attached hydrogens (tertiary/aromatic N) is 3. The standard InChI is InChI=1S/C16H26N4S/c1-4-6-14-9-17-16(3,5-2)12-20(14)11-13-10-19-7-8-21-15(19)18-13/h7-8,10,14,17H,4-6,9,11-12H2,1-3H3. The fraction of sp³-hybridized carbons (Fsp3) is 0.688. The number of thiazole rings is 1. The largest absolute Gasteiger partial charge is 0.309 e. The first-order valence-electron chi connectivity index (χ1n) is 8.03. The Morgan fingerprint density at radius 1 is 1.48 bits per heavy atom. The van der Waals surface area contributed by atoms with Crippen molar-refractivity contribution in [3.05, 3.63) is 23.5 Å². The Morgan fingerprint density at radius 2 is 2.33 bits per heavy atom. The number of piperazine rings is 1. The van der Waals surface area contributed by atoms with E-state index in [1.807, 2.05) is 0 Å². The van der Waals surface area contributed by atoms with Crippen LogP contribution in [0.1, 0.15) is 45.7 Å². The average Bonchev–Trinajstić information content (AvgIpc) is 3.03. The molecule has 1 saturated heterocycles. The fourth-order valence-corrected chi connectivity index (χ4v) is 3.95. The molecule has 2 atom stereocenters. The third-order valence-corrected chi connectivity index (χ3v) is 5.51. The van der Waals surface area contributed by atoms with E-state index < -0.39 is 0 Å². The van der Waals surface area contributed by atoms with E-state index in [9.17, 15) is 0 Å². The van der Waals surface area contributed by atoms with E-state index in [0.29, 0.717) is 6.04 Å². The quantitative estimate of drug-likeness (QED) is 0.921. The molecule has 1 aliphatic rings. The van der Waals surface area contributed by atoms with Crippen LogP contribution >= 0.6 is 11.3 Å². The zero-order valence-corrected chi connectivity index (χ0v) is 14.1. The number of fused-ring (bicyclic) bond motifs is 1. The smallest absolute Gasteiger partial charge is 0.193 e. The molecule has 3 heterocycles. The minimum absolute atomic E-state index is 0.237. The molecule has 3 rings (SSSR count). The minimum atomic E-state index is 0.237. The molecule has 0 aromatic carbocycles. The monoisotopic (exact) mass is 306 g/mol. The summed E-state index contributed by atoms with van der Waals surface area (Å²) in [6, 6.07) is 0.634. The lowest BCUT2D eigenvalue weighted by Gasteiger charge is -2.46. The highest BCUT2D eigenvalue weighted by atomic mass is 32.1. The number of hydrogen-bond acceptors (Lipinski definition) is 4. The van der Waals surface area contributed by atoms with Crippen LogP contribution in [-0.2, 0) is 6.54 Å². The van der Waals surface area contributed by atoms with Gasteiger partial charge in [-0.25, -0.2) is 4.98 Å². The molecule has 21 heavy (non-hydrogen) atoms. The molecule has 1 aliphatic heterocycles. The molecule has 1 fully saturated rings. The predicted molar refractivity (Wildman–Crippen MR) is 88.9 cm³/mol. The highest BCUT2D eigenvalue weighted by molar-refractivity contribution is 7.15. The highest BCUT2D eigenvalue weighted by Crippen LogP contribution is 2.23. The second kappa shape index (κ2) is 6.07. The highest BCUT2D eigenvalue weighted by Gasteiger charge is 2.34. The maximum atomic E-state index is 4.75. The topological polar surface area (TPSA) is 32.6 Å². The maximum absolute atomic E-state index is 4.75. The normalized spacial score (nSPS) is 27.5. The van der Waals surface area contributed by atoms with Crippen LogP contribution in [0.3, 0.4) is 0 Å². The van der Waals surface area contributed by atoms with Gasteiger partial charge >= 0.3 is 0 Å². The van der Waals surface area contributed by atoms with Crippen molar-refractivity contribution in [1.82, 2.24) is 19.6 Å². The van der Waals surface area contributed by atoms with Crippen molar-refractivity contribution in [1.29, 1.82) is 0 Å². The van der Waals surface area contributed by atoms with Crippen LogP contribution in [0, 0.1) is 0 Å². The van der Waals surface area contributed by atoms with Gasteiger partial charge in [0.15, 0.2) is 4.96 Å². The van der Waals surface area contributed by atoms with E-state index in [0.717, 1.165) is 24.6 Å². The van der Waals surface area contributed by atoms with Crippen molar-refractivity contribution in [2.75, 3.05) is 13.1 Å². The summed E-state index contributed by atoms with van der Waals surface area (Å²) >= 11 is 1.71. The van der Waals surface area contributed by atoms with Gasteiger partial charge in [0, 0.05) is 49.0 Å². The summed E-state index contributed by atoms with van der Waals surface area (Å²) in [5, 5.41) is 5.84. The predicted octanol–water partition coefficient (Wildman–Crippen LogP) is 3.14. The fourth-order valence-electron chi connectivity index (χ4n) is 3.23. The maximum Gasteiger partial charge on any atom is 0.193 e. The van der Waals surface area contributed by atoms with Crippen LogP contribution in [-0.4, -0.2) is 39.0 Å². The second-order valence-corrected chi connectivity index (χ2v) is 7.34. The van der Waals surface area contributed by atoms with E-state index in [1.165, 1.54) is 25.0 Å². The Balaban J connectivity index is 1.76. The van der Waals surface area contributed by atoms with Gasteiger partial charge in [-0.15, -0.1) is 11.3 Å². The molecule has 5 heteroatoms. The van der Waals surface area contributed by atoms with Gasteiger partial charge < -0.3 is 5.32 Å². The third kappa shape index (κ3) is 3.15. The lowest BCUT2D eigenvalue weighted by molar-refractivity contribution is 0.0716. The van der Waals surface area contributed by atoms with Crippen molar-refractivity contribution in [2.45, 2.75) is 58.2 Å². The lowest BCUT2D eigenvalue weighted by Crippen LogP contribution is -2.62. The molecular weight excluding hydrogens is 280 g/mol. The summed E-state index contributed by atoms with van der Waals surface area (Å²) in [4.78, 5) is 8.49. The van der Waals surface area contributed by atoms with Gasteiger partial charge in [0.2, 0.25) is 0 Å². The summed E-state index contributed by atoms with van der Waals surface area (Å²) in [5.41, 5.74) is 1.43. The molecule has 1 N–H and O–H groups in total. The summed E-state index contributed by atoms with van der Waals surface area (Å²) < 4.78 is 2.13. The van der Waals surface area contributed by atoms with Crippen molar-refractivity contribution >= 4 is 16.3 Å². The van der Waals surface area contributed by atoms with Crippen molar-refractivity contribution < 1.29 is 0 Å². The number of hydrogen-bond donors (Lipinski definition) is 1. The summed E-state index contributed by atoms with van der Waals surface area (Å²) in [6.07, 6.45) is 7.94. The molecule has 0 aliphatic carbocycles. The van der Waals surface area contributed by atoms with Crippen molar-refractivity contribution in [3.8, 4) is 0 Å². The Kier molecular flexibility index (Phi) is 4.33. The molecule has 116 valence electrons. The van der Waals surface area contributed by atoms with Crippen molar-refractivity contribution in [2.24, 2.45) is 0 Å².